The van der Waals surface area contributed by atoms with Crippen molar-refractivity contribution >= 4 is 16.4 Å². The summed E-state index contributed by atoms with van der Waals surface area (Å²) in [5.41, 5.74) is 0.333. The molecule has 0 radical (unpaired) electrons. The normalized spacial score (nSPS) is 30.3. The van der Waals surface area contributed by atoms with Crippen molar-refractivity contribution in [3.8, 4) is 5.75 Å². The fourth-order valence-corrected chi connectivity index (χ4v) is 6.51. The first-order valence-corrected chi connectivity index (χ1v) is 11.6. The van der Waals surface area contributed by atoms with Gasteiger partial charge in [-0.05, 0) is 37.0 Å². The zero-order valence-electron chi connectivity index (χ0n) is 16.7. The van der Waals surface area contributed by atoms with E-state index in [-0.39, 0.29) is 23.5 Å². The Morgan fingerprint density at radius 3 is 2.76 bits per heavy atom. The molecule has 0 aliphatic carbocycles. The van der Waals surface area contributed by atoms with Crippen LogP contribution >= 0.6 is 0 Å². The maximum atomic E-state index is 13.1. The molecule has 0 saturated carbocycles. The van der Waals surface area contributed by atoms with Gasteiger partial charge in [0, 0.05) is 20.3 Å². The molecule has 1 aromatic rings. The van der Waals surface area contributed by atoms with Crippen molar-refractivity contribution in [2.24, 2.45) is 0 Å². The van der Waals surface area contributed by atoms with Crippen molar-refractivity contribution in [3.05, 3.63) is 29.8 Å². The van der Waals surface area contributed by atoms with E-state index in [1.807, 2.05) is 0 Å². The third kappa shape index (κ3) is 4.14. The number of likely N-dealkylation sites (tertiary alicyclic amines) is 1. The summed E-state index contributed by atoms with van der Waals surface area (Å²) in [5.74, 6) is 0.516. The zero-order chi connectivity index (χ0) is 20.5. The van der Waals surface area contributed by atoms with Gasteiger partial charge in [0.05, 0.1) is 31.0 Å². The van der Waals surface area contributed by atoms with Crippen LogP contribution in [-0.4, -0.2) is 81.7 Å². The summed E-state index contributed by atoms with van der Waals surface area (Å²) in [6, 6.07) is 7.16. The van der Waals surface area contributed by atoms with Crippen molar-refractivity contribution in [2.75, 3.05) is 40.0 Å². The highest BCUT2D eigenvalue weighted by Crippen LogP contribution is 2.40. The van der Waals surface area contributed by atoms with Crippen LogP contribution in [0.3, 0.4) is 0 Å². The maximum absolute atomic E-state index is 13.1. The summed E-state index contributed by atoms with van der Waals surface area (Å²) in [4.78, 5) is 12.7. The predicted octanol–water partition coefficient (Wildman–Crippen LogP) is 1.01. The molecule has 0 bridgehead atoms. The smallest absolute Gasteiger partial charge is 0.218 e. The number of carbonyl (C=O) groups is 1. The molecule has 3 atom stereocenters. The van der Waals surface area contributed by atoms with E-state index in [0.717, 1.165) is 25.7 Å². The number of methoxy groups -OCH3 is 1. The summed E-state index contributed by atoms with van der Waals surface area (Å²) < 4.78 is 44.8. The molecule has 3 unspecified atom stereocenters. The van der Waals surface area contributed by atoms with Gasteiger partial charge in [0.15, 0.2) is 0 Å². The molecule has 3 aliphatic rings. The number of hydrogen-bond acceptors (Lipinski definition) is 6. The van der Waals surface area contributed by atoms with Gasteiger partial charge in [-0.15, -0.1) is 0 Å². The number of carbonyl (C=O) groups excluding carboxylic acids is 1. The summed E-state index contributed by atoms with van der Waals surface area (Å²) >= 11 is 0. The second-order valence-corrected chi connectivity index (χ2v) is 9.99. The first-order valence-electron chi connectivity index (χ1n) is 10.0. The monoisotopic (exact) mass is 424 g/mol. The Labute approximate surface area is 171 Å². The maximum Gasteiger partial charge on any atom is 0.218 e. The average Bonchev–Trinajstić information content (AvgIpc) is 3.09. The molecule has 8 nitrogen and oxygen atoms in total. The molecule has 4 rings (SSSR count). The van der Waals surface area contributed by atoms with Crippen molar-refractivity contribution in [2.45, 2.75) is 42.8 Å². The lowest BCUT2D eigenvalue weighted by Gasteiger charge is -2.53. The first-order chi connectivity index (χ1) is 14.0. The van der Waals surface area contributed by atoms with Crippen LogP contribution in [0.25, 0.3) is 0 Å². The topological polar surface area (TPSA) is 85.4 Å². The van der Waals surface area contributed by atoms with Crippen LogP contribution in [-0.2, 0) is 30.0 Å². The molecular weight excluding hydrogens is 396 g/mol. The standard InChI is InChI=1S/C20H28N2O6S/c1-26-18-11-21(15-23)12-19(18)28-17-5-2-4-16(10-17)13-29(24,25)22-8-7-20(22)6-3-9-27-14-20/h2,4-5,10,15,18-19H,3,6-9,11-14H2,1H3. The van der Waals surface area contributed by atoms with E-state index >= 15 is 0 Å². The van der Waals surface area contributed by atoms with Gasteiger partial charge < -0.3 is 19.1 Å². The molecule has 160 valence electrons. The van der Waals surface area contributed by atoms with Gasteiger partial charge in [-0.3, -0.25) is 4.79 Å². The van der Waals surface area contributed by atoms with Crippen LogP contribution in [0.2, 0.25) is 0 Å². The Morgan fingerprint density at radius 1 is 1.28 bits per heavy atom. The summed E-state index contributed by atoms with van der Waals surface area (Å²) in [7, 11) is -1.84. The molecule has 3 aliphatic heterocycles. The van der Waals surface area contributed by atoms with Crippen molar-refractivity contribution in [1.29, 1.82) is 0 Å². The van der Waals surface area contributed by atoms with Crippen molar-refractivity contribution < 1.29 is 27.4 Å². The van der Waals surface area contributed by atoms with E-state index in [1.165, 1.54) is 0 Å². The highest BCUT2D eigenvalue weighted by atomic mass is 32.2. The number of ether oxygens (including phenoxy) is 3. The molecule has 0 aromatic heterocycles. The number of nitrogens with zero attached hydrogens (tertiary/aromatic N) is 2. The SMILES string of the molecule is COC1CN(C=O)CC1Oc1cccc(CS(=O)(=O)N2CCC23CCCOC3)c1. The number of rotatable bonds is 7. The van der Waals surface area contributed by atoms with E-state index in [0.29, 0.717) is 44.2 Å². The molecule has 9 heteroatoms. The zero-order valence-corrected chi connectivity index (χ0v) is 17.5. The van der Waals surface area contributed by atoms with Gasteiger partial charge >= 0.3 is 0 Å². The Hall–Kier alpha value is -1.68. The number of hydrogen-bond donors (Lipinski definition) is 0. The second-order valence-electron chi connectivity index (χ2n) is 8.10. The highest BCUT2D eigenvalue weighted by Gasteiger charge is 2.51. The third-order valence-corrected chi connectivity index (χ3v) is 8.12. The van der Waals surface area contributed by atoms with E-state index < -0.39 is 10.0 Å². The number of benzene rings is 1. The molecular formula is C20H28N2O6S. The van der Waals surface area contributed by atoms with E-state index in [2.05, 4.69) is 0 Å². The minimum Gasteiger partial charge on any atom is -0.486 e. The van der Waals surface area contributed by atoms with E-state index in [4.69, 9.17) is 14.2 Å². The van der Waals surface area contributed by atoms with Gasteiger partial charge in [-0.25, -0.2) is 8.42 Å². The largest absolute Gasteiger partial charge is 0.486 e. The molecule has 3 fully saturated rings. The molecule has 1 aromatic carbocycles. The molecule has 0 N–H and O–H groups in total. The Balaban J connectivity index is 1.44. The van der Waals surface area contributed by atoms with Gasteiger partial charge in [-0.2, -0.15) is 4.31 Å². The van der Waals surface area contributed by atoms with Gasteiger partial charge in [-0.1, -0.05) is 12.1 Å². The van der Waals surface area contributed by atoms with Crippen LogP contribution in [0, 0.1) is 0 Å². The van der Waals surface area contributed by atoms with Crippen LogP contribution in [0.4, 0.5) is 0 Å². The summed E-state index contributed by atoms with van der Waals surface area (Å²) in [6.45, 7) is 2.68. The Morgan fingerprint density at radius 2 is 2.10 bits per heavy atom. The molecule has 3 saturated heterocycles. The van der Waals surface area contributed by atoms with Crippen LogP contribution in [0.15, 0.2) is 24.3 Å². The van der Waals surface area contributed by atoms with Crippen molar-refractivity contribution in [1.82, 2.24) is 9.21 Å². The van der Waals surface area contributed by atoms with E-state index in [1.54, 1.807) is 40.6 Å². The lowest BCUT2D eigenvalue weighted by Crippen LogP contribution is -2.65. The molecule has 1 amide bonds. The summed E-state index contributed by atoms with van der Waals surface area (Å²) in [6.07, 6.45) is 2.92. The summed E-state index contributed by atoms with van der Waals surface area (Å²) in [5, 5.41) is 0. The predicted molar refractivity (Wildman–Crippen MR) is 106 cm³/mol. The van der Waals surface area contributed by atoms with Crippen molar-refractivity contribution in [3.63, 3.8) is 0 Å². The van der Waals surface area contributed by atoms with Crippen LogP contribution < -0.4 is 4.74 Å². The van der Waals surface area contributed by atoms with Gasteiger partial charge in [0.25, 0.3) is 0 Å². The highest BCUT2D eigenvalue weighted by molar-refractivity contribution is 7.88. The van der Waals surface area contributed by atoms with Gasteiger partial charge in [0.2, 0.25) is 16.4 Å². The number of amides is 1. The molecule has 3 heterocycles. The van der Waals surface area contributed by atoms with Crippen LogP contribution in [0.5, 0.6) is 5.75 Å². The molecule has 1 spiro atoms. The lowest BCUT2D eigenvalue weighted by molar-refractivity contribution is -0.117. The number of sulfonamides is 1. The minimum atomic E-state index is -3.44. The fraction of sp³-hybridized carbons (Fsp3) is 0.650. The molecule has 29 heavy (non-hydrogen) atoms. The quantitative estimate of drug-likeness (QED) is 0.608. The fourth-order valence-electron chi connectivity index (χ4n) is 4.55. The van der Waals surface area contributed by atoms with E-state index in [9.17, 15) is 13.2 Å². The third-order valence-electron chi connectivity index (χ3n) is 6.18. The van der Waals surface area contributed by atoms with Crippen LogP contribution in [0.1, 0.15) is 24.8 Å². The van der Waals surface area contributed by atoms with Gasteiger partial charge in [0.1, 0.15) is 18.0 Å². The average molecular weight is 425 g/mol. The first kappa shape index (κ1) is 20.6. The Bertz CT molecular complexity index is 839. The Kier molecular flexibility index (Phi) is 5.83. The lowest BCUT2D eigenvalue weighted by atomic mass is 9.83. The minimum absolute atomic E-state index is 0.0647. The second kappa shape index (κ2) is 8.22.